The summed E-state index contributed by atoms with van der Waals surface area (Å²) >= 11 is 0. The third kappa shape index (κ3) is 5.07. The number of hydrogen-bond acceptors (Lipinski definition) is 6. The molecule has 3 aromatic carbocycles. The van der Waals surface area contributed by atoms with E-state index >= 15 is 0 Å². The number of fused-ring (bicyclic) bond motifs is 1. The highest BCUT2D eigenvalue weighted by Crippen LogP contribution is 2.29. The fourth-order valence-electron chi connectivity index (χ4n) is 3.29. The molecule has 0 radical (unpaired) electrons. The summed E-state index contributed by atoms with van der Waals surface area (Å²) in [7, 11) is 0. The first-order chi connectivity index (χ1) is 16.0. The lowest BCUT2D eigenvalue weighted by Crippen LogP contribution is -2.32. The van der Waals surface area contributed by atoms with Gasteiger partial charge in [-0.25, -0.2) is 4.79 Å². The Morgan fingerprint density at radius 3 is 2.55 bits per heavy atom. The molecule has 0 spiro atoms. The Labute approximate surface area is 189 Å². The van der Waals surface area contributed by atoms with E-state index in [1.165, 1.54) is 6.07 Å². The fraction of sp³-hybridized carbons (Fsp3) is 0.120. The van der Waals surface area contributed by atoms with Gasteiger partial charge in [-0.1, -0.05) is 41.6 Å². The minimum absolute atomic E-state index is 0.240. The van der Waals surface area contributed by atoms with Crippen LogP contribution in [0.2, 0.25) is 0 Å². The smallest absolute Gasteiger partial charge is 0.338 e. The highest BCUT2D eigenvalue weighted by molar-refractivity contribution is 6.03. The van der Waals surface area contributed by atoms with E-state index in [0.717, 1.165) is 5.56 Å². The number of amides is 2. The molecule has 4 aromatic rings. The zero-order valence-electron chi connectivity index (χ0n) is 17.8. The van der Waals surface area contributed by atoms with Crippen molar-refractivity contribution in [3.63, 3.8) is 0 Å². The summed E-state index contributed by atoms with van der Waals surface area (Å²) < 4.78 is 10.4. The topological polar surface area (TPSA) is 111 Å². The summed E-state index contributed by atoms with van der Waals surface area (Å²) in [5, 5.41) is 10.0. The molecule has 4 rings (SSSR count). The summed E-state index contributed by atoms with van der Waals surface area (Å²) in [4.78, 5) is 36.8. The van der Waals surface area contributed by atoms with Crippen molar-refractivity contribution >= 4 is 34.4 Å². The van der Waals surface area contributed by atoms with E-state index < -0.39 is 17.8 Å². The average Bonchev–Trinajstić information content (AvgIpc) is 3.27. The van der Waals surface area contributed by atoms with Crippen molar-refractivity contribution in [2.45, 2.75) is 6.92 Å². The van der Waals surface area contributed by atoms with Crippen LogP contribution < -0.4 is 10.6 Å². The molecule has 0 saturated carbocycles. The molecule has 0 aliphatic rings. The fourth-order valence-corrected chi connectivity index (χ4v) is 3.29. The normalized spacial score (nSPS) is 10.6. The Kier molecular flexibility index (Phi) is 6.45. The van der Waals surface area contributed by atoms with Crippen molar-refractivity contribution in [2.75, 3.05) is 18.5 Å². The van der Waals surface area contributed by atoms with Crippen molar-refractivity contribution < 1.29 is 23.6 Å². The van der Waals surface area contributed by atoms with E-state index in [9.17, 15) is 14.4 Å². The Bertz CT molecular complexity index is 1310. The molecule has 0 atom stereocenters. The van der Waals surface area contributed by atoms with Gasteiger partial charge in [0.15, 0.2) is 5.76 Å². The van der Waals surface area contributed by atoms with Crippen LogP contribution in [0, 0.1) is 0 Å². The standard InChI is InChI=1S/C25H21N3O5/c1-2-32-25(31)18-9-6-10-19(13-18)27-22(29)15-26-24(30)17-11-12-21-20(14-17)23(33-28-21)16-7-4-3-5-8-16/h3-14H,2,15H2,1H3,(H,26,30)(H,27,29). The highest BCUT2D eigenvalue weighted by Gasteiger charge is 2.15. The van der Waals surface area contributed by atoms with Crippen molar-refractivity contribution in [3.05, 3.63) is 83.9 Å². The first-order valence-corrected chi connectivity index (χ1v) is 10.3. The molecule has 8 nitrogen and oxygen atoms in total. The molecule has 33 heavy (non-hydrogen) atoms. The number of nitrogens with zero attached hydrogens (tertiary/aromatic N) is 1. The molecule has 0 saturated heterocycles. The van der Waals surface area contributed by atoms with Gasteiger partial charge in [0, 0.05) is 16.8 Å². The van der Waals surface area contributed by atoms with E-state index in [4.69, 9.17) is 9.26 Å². The second-order valence-corrected chi connectivity index (χ2v) is 7.14. The molecule has 0 aliphatic heterocycles. The molecule has 0 bridgehead atoms. The van der Waals surface area contributed by atoms with Crippen LogP contribution in [0.4, 0.5) is 5.69 Å². The molecule has 1 aromatic heterocycles. The summed E-state index contributed by atoms with van der Waals surface area (Å²) in [6, 6.07) is 20.9. The minimum atomic E-state index is -0.471. The van der Waals surface area contributed by atoms with Crippen LogP contribution in [-0.2, 0) is 9.53 Å². The van der Waals surface area contributed by atoms with Gasteiger partial charge in [0.2, 0.25) is 5.91 Å². The van der Waals surface area contributed by atoms with Gasteiger partial charge in [-0.15, -0.1) is 0 Å². The van der Waals surface area contributed by atoms with Crippen molar-refractivity contribution in [3.8, 4) is 11.3 Å². The van der Waals surface area contributed by atoms with E-state index in [0.29, 0.717) is 33.5 Å². The van der Waals surface area contributed by atoms with Crippen molar-refractivity contribution in [1.82, 2.24) is 10.5 Å². The van der Waals surface area contributed by atoms with Crippen molar-refractivity contribution in [1.29, 1.82) is 0 Å². The second kappa shape index (κ2) is 9.78. The molecule has 0 aliphatic carbocycles. The number of carbonyl (C=O) groups excluding carboxylic acids is 3. The highest BCUT2D eigenvalue weighted by atomic mass is 16.5. The third-order valence-corrected chi connectivity index (χ3v) is 4.84. The minimum Gasteiger partial charge on any atom is -0.462 e. The van der Waals surface area contributed by atoms with Crippen LogP contribution in [0.3, 0.4) is 0 Å². The van der Waals surface area contributed by atoms with Gasteiger partial charge >= 0.3 is 5.97 Å². The third-order valence-electron chi connectivity index (χ3n) is 4.84. The first kappa shape index (κ1) is 21.8. The van der Waals surface area contributed by atoms with Gasteiger partial charge in [0.25, 0.3) is 5.91 Å². The lowest BCUT2D eigenvalue weighted by atomic mass is 10.1. The van der Waals surface area contributed by atoms with E-state index in [-0.39, 0.29) is 13.2 Å². The number of aromatic nitrogens is 1. The molecular formula is C25H21N3O5. The number of ether oxygens (including phenoxy) is 1. The van der Waals surface area contributed by atoms with Gasteiger partial charge < -0.3 is 19.9 Å². The molecular weight excluding hydrogens is 422 g/mol. The predicted octanol–water partition coefficient (Wildman–Crippen LogP) is 4.04. The van der Waals surface area contributed by atoms with E-state index in [1.807, 2.05) is 30.3 Å². The molecule has 8 heteroatoms. The lowest BCUT2D eigenvalue weighted by Gasteiger charge is -2.08. The summed E-state index contributed by atoms with van der Waals surface area (Å²) in [6.07, 6.45) is 0. The number of esters is 1. The molecule has 166 valence electrons. The summed E-state index contributed by atoms with van der Waals surface area (Å²) in [6.45, 7) is 1.74. The van der Waals surface area contributed by atoms with E-state index in [2.05, 4.69) is 15.8 Å². The number of nitrogens with one attached hydrogen (secondary N) is 2. The second-order valence-electron chi connectivity index (χ2n) is 7.14. The zero-order chi connectivity index (χ0) is 23.2. The van der Waals surface area contributed by atoms with Crippen LogP contribution in [0.15, 0.2) is 77.3 Å². The maximum Gasteiger partial charge on any atom is 0.338 e. The first-order valence-electron chi connectivity index (χ1n) is 10.3. The van der Waals surface area contributed by atoms with Gasteiger partial charge in [-0.3, -0.25) is 9.59 Å². The van der Waals surface area contributed by atoms with E-state index in [1.54, 1.807) is 43.3 Å². The quantitative estimate of drug-likeness (QED) is 0.417. The number of rotatable bonds is 7. The monoisotopic (exact) mass is 443 g/mol. The Morgan fingerprint density at radius 2 is 1.76 bits per heavy atom. The number of benzene rings is 3. The molecule has 2 N–H and O–H groups in total. The Morgan fingerprint density at radius 1 is 0.939 bits per heavy atom. The largest absolute Gasteiger partial charge is 0.462 e. The van der Waals surface area contributed by atoms with Crippen molar-refractivity contribution in [2.24, 2.45) is 0 Å². The number of anilines is 1. The van der Waals surface area contributed by atoms with Crippen LogP contribution in [0.25, 0.3) is 22.2 Å². The van der Waals surface area contributed by atoms with Crippen LogP contribution >= 0.6 is 0 Å². The molecule has 0 fully saturated rings. The van der Waals surface area contributed by atoms with Crippen LogP contribution in [0.5, 0.6) is 0 Å². The Hall–Kier alpha value is -4.46. The molecule has 1 heterocycles. The Balaban J connectivity index is 1.41. The predicted molar refractivity (Wildman–Crippen MR) is 123 cm³/mol. The van der Waals surface area contributed by atoms with Gasteiger partial charge in [-0.05, 0) is 43.3 Å². The molecule has 2 amide bonds. The van der Waals surface area contributed by atoms with Gasteiger partial charge in [0.1, 0.15) is 5.52 Å². The van der Waals surface area contributed by atoms with Crippen LogP contribution in [0.1, 0.15) is 27.6 Å². The zero-order valence-corrected chi connectivity index (χ0v) is 17.8. The summed E-state index contributed by atoms with van der Waals surface area (Å²) in [5.41, 5.74) is 2.61. The average molecular weight is 443 g/mol. The number of hydrogen-bond donors (Lipinski definition) is 2. The lowest BCUT2D eigenvalue weighted by molar-refractivity contribution is -0.115. The summed E-state index contributed by atoms with van der Waals surface area (Å²) in [5.74, 6) is -0.742. The van der Waals surface area contributed by atoms with Crippen LogP contribution in [-0.4, -0.2) is 36.1 Å². The SMILES string of the molecule is CCOC(=O)c1cccc(NC(=O)CNC(=O)c2ccc3noc(-c4ccccc4)c3c2)c1. The van der Waals surface area contributed by atoms with Gasteiger partial charge in [-0.2, -0.15) is 0 Å². The van der Waals surface area contributed by atoms with Gasteiger partial charge in [0.05, 0.1) is 24.1 Å². The molecule has 0 unspecified atom stereocenters. The maximum atomic E-state index is 12.6. The number of carbonyl (C=O) groups is 3. The maximum absolute atomic E-state index is 12.6.